The molecule has 1 aliphatic carbocycles. The van der Waals surface area contributed by atoms with Crippen LogP contribution in [0, 0.1) is 0 Å². The molecule has 0 spiro atoms. The molecule has 0 fully saturated rings. The van der Waals surface area contributed by atoms with Crippen molar-refractivity contribution in [1.29, 1.82) is 0 Å². The summed E-state index contributed by atoms with van der Waals surface area (Å²) in [5, 5.41) is 10.7. The molecule has 0 bridgehead atoms. The van der Waals surface area contributed by atoms with E-state index < -0.39 is 0 Å². The summed E-state index contributed by atoms with van der Waals surface area (Å²) in [5.41, 5.74) is 8.05. The van der Waals surface area contributed by atoms with Gasteiger partial charge in [0.15, 0.2) is 0 Å². The van der Waals surface area contributed by atoms with Crippen LogP contribution in [0.5, 0.6) is 0 Å². The summed E-state index contributed by atoms with van der Waals surface area (Å²) < 4.78 is 0. The fourth-order valence-corrected chi connectivity index (χ4v) is 4.08. The zero-order chi connectivity index (χ0) is 20.1. The lowest BCUT2D eigenvalue weighted by molar-refractivity contribution is 0.681. The first kappa shape index (κ1) is 20.2. The molecule has 2 aliphatic rings. The highest BCUT2D eigenvalue weighted by atomic mass is 15.2. The monoisotopic (exact) mass is 382 g/mol. The molecule has 0 aromatic heterocycles. The van der Waals surface area contributed by atoms with E-state index in [4.69, 9.17) is 9.98 Å². The molecule has 28 heavy (non-hydrogen) atoms. The number of hydrogen-bond donors (Lipinski definition) is 3. The van der Waals surface area contributed by atoms with E-state index in [0.29, 0.717) is 0 Å². The molecule has 6 nitrogen and oxygen atoms in total. The van der Waals surface area contributed by atoms with Gasteiger partial charge in [0.2, 0.25) is 0 Å². The summed E-state index contributed by atoms with van der Waals surface area (Å²) in [4.78, 5) is 11.9. The third kappa shape index (κ3) is 3.86. The van der Waals surface area contributed by atoms with Crippen LogP contribution >= 0.6 is 0 Å². The van der Waals surface area contributed by atoms with Crippen molar-refractivity contribution in [3.8, 4) is 0 Å². The summed E-state index contributed by atoms with van der Waals surface area (Å²) in [5.74, 6) is 0. The van der Waals surface area contributed by atoms with Gasteiger partial charge in [-0.15, -0.1) is 0 Å². The largest absolute Gasteiger partial charge is 0.384 e. The Balaban J connectivity index is 2.08. The maximum atomic E-state index is 4.75. The van der Waals surface area contributed by atoms with E-state index >= 15 is 0 Å². The Morgan fingerprint density at radius 3 is 2.29 bits per heavy atom. The minimum absolute atomic E-state index is 0.276. The first-order chi connectivity index (χ1) is 13.7. The van der Waals surface area contributed by atoms with Crippen LogP contribution in [0.25, 0.3) is 0 Å². The van der Waals surface area contributed by atoms with Crippen molar-refractivity contribution in [1.82, 2.24) is 0 Å². The first-order valence-electron chi connectivity index (χ1n) is 10.7. The standard InChI is InChI=1S/C22H34N6/c1-6-23-15-11-19-21(13-17(15)25-8-3)28(10-5)22-14-18(26-9-4)16(24-7-2)12-20(22)27-19/h11-13,22-23,25,27H,6-10,14H2,1-5H3/t22-/m1/s1. The second-order valence-corrected chi connectivity index (χ2v) is 6.99. The van der Waals surface area contributed by atoms with Gasteiger partial charge in [0.25, 0.3) is 0 Å². The van der Waals surface area contributed by atoms with E-state index in [2.05, 4.69) is 73.7 Å². The lowest BCUT2D eigenvalue weighted by atomic mass is 9.91. The zero-order valence-electron chi connectivity index (χ0n) is 17.9. The number of nitrogens with zero attached hydrogens (tertiary/aromatic N) is 3. The highest BCUT2D eigenvalue weighted by Crippen LogP contribution is 2.42. The van der Waals surface area contributed by atoms with E-state index in [9.17, 15) is 0 Å². The molecule has 0 saturated heterocycles. The maximum Gasteiger partial charge on any atom is 0.0803 e. The smallest absolute Gasteiger partial charge is 0.0803 e. The van der Waals surface area contributed by atoms with E-state index in [1.807, 2.05) is 0 Å². The highest BCUT2D eigenvalue weighted by Gasteiger charge is 2.34. The third-order valence-corrected chi connectivity index (χ3v) is 5.19. The van der Waals surface area contributed by atoms with Gasteiger partial charge in [-0.1, -0.05) is 0 Å². The Bertz CT molecular complexity index is 792. The second-order valence-electron chi connectivity index (χ2n) is 6.99. The lowest BCUT2D eigenvalue weighted by Gasteiger charge is -2.43. The molecule has 1 heterocycles. The average Bonchev–Trinajstić information content (AvgIpc) is 2.68. The fraction of sp³-hybridized carbons (Fsp3) is 0.545. The first-order valence-corrected chi connectivity index (χ1v) is 10.7. The Morgan fingerprint density at radius 1 is 1.00 bits per heavy atom. The molecule has 0 saturated carbocycles. The normalized spacial score (nSPS) is 21.1. The number of benzene rings is 1. The minimum atomic E-state index is 0.276. The van der Waals surface area contributed by atoms with Gasteiger partial charge in [0.05, 0.1) is 40.2 Å². The van der Waals surface area contributed by atoms with Crippen LogP contribution in [0.4, 0.5) is 22.7 Å². The number of nitrogens with one attached hydrogen (secondary N) is 3. The number of allylic oxidation sites excluding steroid dienone is 1. The van der Waals surface area contributed by atoms with Gasteiger partial charge in [0.1, 0.15) is 0 Å². The number of hydrogen-bond acceptors (Lipinski definition) is 6. The van der Waals surface area contributed by atoms with Crippen LogP contribution in [-0.4, -0.2) is 50.2 Å². The summed E-state index contributed by atoms with van der Waals surface area (Å²) in [6, 6.07) is 4.78. The van der Waals surface area contributed by atoms with E-state index in [1.54, 1.807) is 0 Å². The highest BCUT2D eigenvalue weighted by molar-refractivity contribution is 6.47. The molecule has 152 valence electrons. The molecular formula is C22H34N6. The van der Waals surface area contributed by atoms with Gasteiger partial charge in [-0.2, -0.15) is 0 Å². The van der Waals surface area contributed by atoms with Gasteiger partial charge < -0.3 is 20.9 Å². The fourth-order valence-electron chi connectivity index (χ4n) is 4.08. The van der Waals surface area contributed by atoms with Crippen LogP contribution in [0.3, 0.4) is 0 Å². The Hall–Kier alpha value is -2.50. The maximum absolute atomic E-state index is 4.75. The number of rotatable bonds is 7. The summed E-state index contributed by atoms with van der Waals surface area (Å²) in [7, 11) is 0. The van der Waals surface area contributed by atoms with Gasteiger partial charge in [0, 0.05) is 44.8 Å². The number of fused-ring (bicyclic) bond motifs is 2. The van der Waals surface area contributed by atoms with Gasteiger partial charge in [-0.3, -0.25) is 9.98 Å². The average molecular weight is 383 g/mol. The summed E-state index contributed by atoms with van der Waals surface area (Å²) >= 11 is 0. The molecular weight excluding hydrogens is 348 g/mol. The second kappa shape index (κ2) is 9.13. The van der Waals surface area contributed by atoms with Crippen LogP contribution in [0.15, 0.2) is 33.9 Å². The van der Waals surface area contributed by atoms with Crippen molar-refractivity contribution in [2.45, 2.75) is 47.1 Å². The van der Waals surface area contributed by atoms with E-state index in [0.717, 1.165) is 67.6 Å². The van der Waals surface area contributed by atoms with Crippen molar-refractivity contribution in [2.75, 3.05) is 53.6 Å². The predicted molar refractivity (Wildman–Crippen MR) is 124 cm³/mol. The molecule has 0 unspecified atom stereocenters. The number of anilines is 4. The third-order valence-electron chi connectivity index (χ3n) is 5.19. The molecule has 3 N–H and O–H groups in total. The number of aliphatic imine (C=N–C) groups is 2. The molecule has 3 rings (SSSR count). The Morgan fingerprint density at radius 2 is 1.68 bits per heavy atom. The quantitative estimate of drug-likeness (QED) is 0.655. The molecule has 1 aromatic rings. The van der Waals surface area contributed by atoms with Crippen molar-refractivity contribution >= 4 is 34.2 Å². The summed E-state index contributed by atoms with van der Waals surface area (Å²) in [6.45, 7) is 15.0. The molecule has 1 aromatic carbocycles. The molecule has 6 heteroatoms. The van der Waals surface area contributed by atoms with Crippen molar-refractivity contribution < 1.29 is 0 Å². The molecule has 0 radical (unpaired) electrons. The lowest BCUT2D eigenvalue weighted by Crippen LogP contribution is -2.47. The van der Waals surface area contributed by atoms with Crippen molar-refractivity contribution in [3.63, 3.8) is 0 Å². The van der Waals surface area contributed by atoms with Crippen LogP contribution in [0.2, 0.25) is 0 Å². The Labute approximate surface area is 169 Å². The molecule has 1 atom stereocenters. The van der Waals surface area contributed by atoms with Crippen molar-refractivity contribution in [2.24, 2.45) is 9.98 Å². The van der Waals surface area contributed by atoms with Crippen LogP contribution < -0.4 is 20.9 Å². The molecule has 0 amide bonds. The van der Waals surface area contributed by atoms with Crippen molar-refractivity contribution in [3.05, 3.63) is 23.9 Å². The zero-order valence-corrected chi connectivity index (χ0v) is 17.9. The number of likely N-dealkylation sites (N-methyl/N-ethyl adjacent to an activating group) is 1. The van der Waals surface area contributed by atoms with Gasteiger partial charge in [-0.05, 0) is 52.8 Å². The SMILES string of the molecule is CCN=C1C=C2Nc3cc(NCC)c(NCC)cc3N(CC)[C@@H]2CC1=NCC. The predicted octanol–water partition coefficient (Wildman–Crippen LogP) is 4.38. The van der Waals surface area contributed by atoms with Crippen LogP contribution in [-0.2, 0) is 0 Å². The topological polar surface area (TPSA) is 64.1 Å². The minimum Gasteiger partial charge on any atom is -0.384 e. The van der Waals surface area contributed by atoms with Gasteiger partial charge in [-0.25, -0.2) is 0 Å². The van der Waals surface area contributed by atoms with Crippen LogP contribution in [0.1, 0.15) is 41.0 Å². The van der Waals surface area contributed by atoms with E-state index in [-0.39, 0.29) is 6.04 Å². The summed E-state index contributed by atoms with van der Waals surface area (Å²) in [6.07, 6.45) is 3.09. The molecule has 1 aliphatic heterocycles. The van der Waals surface area contributed by atoms with Gasteiger partial charge >= 0.3 is 0 Å². The van der Waals surface area contributed by atoms with E-state index in [1.165, 1.54) is 11.4 Å². The Kier molecular flexibility index (Phi) is 6.60.